The Morgan fingerprint density at radius 2 is 1.78 bits per heavy atom. The van der Waals surface area contributed by atoms with Crippen LogP contribution in [0.1, 0.15) is 5.56 Å². The van der Waals surface area contributed by atoms with Gasteiger partial charge in [-0.15, -0.1) is 12.6 Å². The Morgan fingerprint density at radius 3 is 2.57 bits per heavy atom. The minimum absolute atomic E-state index is 0.907. The molecule has 2 aromatic heterocycles. The second-order valence-corrected chi connectivity index (χ2v) is 6.47. The summed E-state index contributed by atoms with van der Waals surface area (Å²) in [5.41, 5.74) is 3.38. The molecule has 0 aliphatic carbocycles. The van der Waals surface area contributed by atoms with Gasteiger partial charge in [-0.05, 0) is 17.7 Å². The first kappa shape index (κ1) is 14.6. The summed E-state index contributed by atoms with van der Waals surface area (Å²) in [7, 11) is 0. The van der Waals surface area contributed by atoms with Gasteiger partial charge in [0.15, 0.2) is 0 Å². The number of hydrogen-bond acceptors (Lipinski definition) is 4. The number of benzene rings is 1. The quantitative estimate of drug-likeness (QED) is 0.726. The van der Waals surface area contributed by atoms with E-state index in [0.29, 0.717) is 0 Å². The van der Waals surface area contributed by atoms with E-state index >= 15 is 0 Å². The molecule has 1 N–H and O–H groups in total. The number of fused-ring (bicyclic) bond motifs is 1. The van der Waals surface area contributed by atoms with Gasteiger partial charge in [0.25, 0.3) is 0 Å². The lowest BCUT2D eigenvalue weighted by molar-refractivity contribution is 0.249. The van der Waals surface area contributed by atoms with Gasteiger partial charge in [-0.25, -0.2) is 4.98 Å². The van der Waals surface area contributed by atoms with E-state index in [1.165, 1.54) is 5.56 Å². The molecule has 0 atom stereocenters. The molecule has 0 saturated carbocycles. The van der Waals surface area contributed by atoms with Crippen molar-refractivity contribution in [3.05, 3.63) is 54.2 Å². The molecule has 23 heavy (non-hydrogen) atoms. The second-order valence-electron chi connectivity index (χ2n) is 5.99. The first-order valence-electron chi connectivity index (χ1n) is 7.98. The zero-order valence-corrected chi connectivity index (χ0v) is 13.8. The SMILES string of the molecule is Sc1c[nH]c2ccc(N3CCN(Cc4ccccc4)CC3)nc12. The van der Waals surface area contributed by atoms with Gasteiger partial charge in [0.2, 0.25) is 0 Å². The molecule has 1 aliphatic rings. The molecule has 1 aromatic carbocycles. The maximum absolute atomic E-state index is 4.77. The zero-order valence-electron chi connectivity index (χ0n) is 12.9. The summed E-state index contributed by atoms with van der Waals surface area (Å²) < 4.78 is 0. The van der Waals surface area contributed by atoms with Crippen molar-refractivity contribution >= 4 is 29.5 Å². The second kappa shape index (κ2) is 6.26. The van der Waals surface area contributed by atoms with E-state index in [9.17, 15) is 0 Å². The molecule has 4 nitrogen and oxygen atoms in total. The third kappa shape index (κ3) is 3.07. The minimum Gasteiger partial charge on any atom is -0.359 e. The Labute approximate surface area is 141 Å². The van der Waals surface area contributed by atoms with Gasteiger partial charge in [0, 0.05) is 43.8 Å². The van der Waals surface area contributed by atoms with Gasteiger partial charge in [-0.2, -0.15) is 0 Å². The van der Waals surface area contributed by atoms with Gasteiger partial charge < -0.3 is 9.88 Å². The number of aromatic nitrogens is 2. The van der Waals surface area contributed by atoms with Crippen molar-refractivity contribution in [1.29, 1.82) is 0 Å². The van der Waals surface area contributed by atoms with Crippen molar-refractivity contribution in [2.75, 3.05) is 31.1 Å². The number of H-pyrrole nitrogens is 1. The molecule has 118 valence electrons. The monoisotopic (exact) mass is 324 g/mol. The molecule has 0 radical (unpaired) electrons. The van der Waals surface area contributed by atoms with E-state index in [1.54, 1.807) is 0 Å². The van der Waals surface area contributed by atoms with Crippen molar-refractivity contribution in [3.8, 4) is 0 Å². The average Bonchev–Trinajstić information content (AvgIpc) is 2.97. The third-order valence-corrected chi connectivity index (χ3v) is 4.77. The Hall–Kier alpha value is -1.98. The van der Waals surface area contributed by atoms with Crippen LogP contribution in [-0.4, -0.2) is 41.0 Å². The number of rotatable bonds is 3. The Morgan fingerprint density at radius 1 is 1.00 bits per heavy atom. The van der Waals surface area contributed by atoms with Gasteiger partial charge in [0.1, 0.15) is 11.3 Å². The molecular weight excluding hydrogens is 304 g/mol. The van der Waals surface area contributed by atoms with E-state index < -0.39 is 0 Å². The molecule has 3 heterocycles. The topological polar surface area (TPSA) is 35.2 Å². The van der Waals surface area contributed by atoms with Crippen LogP contribution in [0.15, 0.2) is 53.6 Å². The molecule has 1 aliphatic heterocycles. The van der Waals surface area contributed by atoms with Gasteiger partial charge in [-0.1, -0.05) is 30.3 Å². The highest BCUT2D eigenvalue weighted by molar-refractivity contribution is 7.80. The maximum Gasteiger partial charge on any atom is 0.129 e. The summed E-state index contributed by atoms with van der Waals surface area (Å²) >= 11 is 4.46. The number of anilines is 1. The largest absolute Gasteiger partial charge is 0.359 e. The predicted molar refractivity (Wildman–Crippen MR) is 97.3 cm³/mol. The molecule has 3 aromatic rings. The summed E-state index contributed by atoms with van der Waals surface area (Å²) in [5, 5.41) is 0. The Balaban J connectivity index is 1.43. The zero-order chi connectivity index (χ0) is 15.6. The van der Waals surface area contributed by atoms with Crippen LogP contribution in [0.3, 0.4) is 0 Å². The summed E-state index contributed by atoms with van der Waals surface area (Å²) in [6.45, 7) is 5.18. The number of pyridine rings is 1. The molecule has 4 rings (SSSR count). The summed E-state index contributed by atoms with van der Waals surface area (Å²) in [5.74, 6) is 1.05. The smallest absolute Gasteiger partial charge is 0.129 e. The molecule has 0 bridgehead atoms. The van der Waals surface area contributed by atoms with E-state index in [4.69, 9.17) is 4.98 Å². The number of nitrogens with zero attached hydrogens (tertiary/aromatic N) is 3. The van der Waals surface area contributed by atoms with Gasteiger partial charge >= 0.3 is 0 Å². The van der Waals surface area contributed by atoms with Crippen molar-refractivity contribution < 1.29 is 0 Å². The molecular formula is C18H20N4S. The fourth-order valence-electron chi connectivity index (χ4n) is 3.13. The van der Waals surface area contributed by atoms with Crippen molar-refractivity contribution in [2.24, 2.45) is 0 Å². The molecule has 0 spiro atoms. The normalized spacial score (nSPS) is 16.1. The molecule has 5 heteroatoms. The first-order valence-corrected chi connectivity index (χ1v) is 8.43. The lowest BCUT2D eigenvalue weighted by Gasteiger charge is -2.35. The molecule has 1 saturated heterocycles. The van der Waals surface area contributed by atoms with Crippen molar-refractivity contribution in [3.63, 3.8) is 0 Å². The number of aromatic amines is 1. The molecule has 0 unspecified atom stereocenters. The highest BCUT2D eigenvalue weighted by Crippen LogP contribution is 2.23. The van der Waals surface area contributed by atoms with Crippen LogP contribution in [0.5, 0.6) is 0 Å². The lowest BCUT2D eigenvalue weighted by Crippen LogP contribution is -2.46. The Kier molecular flexibility index (Phi) is 3.97. The van der Waals surface area contributed by atoms with E-state index in [2.05, 4.69) is 69.9 Å². The highest BCUT2D eigenvalue weighted by Gasteiger charge is 2.18. The standard InChI is InChI=1S/C18H20N4S/c23-16-12-19-15-6-7-17(20-18(15)16)22-10-8-21(9-11-22)13-14-4-2-1-3-5-14/h1-7,12,19,23H,8-11,13H2. The van der Waals surface area contributed by atoms with E-state index in [1.807, 2.05) is 6.20 Å². The number of nitrogens with one attached hydrogen (secondary N) is 1. The fourth-order valence-corrected chi connectivity index (χ4v) is 3.36. The van der Waals surface area contributed by atoms with Crippen LogP contribution >= 0.6 is 12.6 Å². The number of piperazine rings is 1. The van der Waals surface area contributed by atoms with Crippen LogP contribution < -0.4 is 4.90 Å². The summed E-state index contributed by atoms with van der Waals surface area (Å²) in [6, 6.07) is 14.9. The number of hydrogen-bond donors (Lipinski definition) is 2. The number of thiol groups is 1. The van der Waals surface area contributed by atoms with E-state index in [-0.39, 0.29) is 0 Å². The van der Waals surface area contributed by atoms with Crippen molar-refractivity contribution in [2.45, 2.75) is 11.4 Å². The third-order valence-electron chi connectivity index (χ3n) is 4.43. The molecule has 0 amide bonds. The van der Waals surface area contributed by atoms with E-state index in [0.717, 1.165) is 54.5 Å². The summed E-state index contributed by atoms with van der Waals surface area (Å²) in [4.78, 5) is 13.7. The van der Waals surface area contributed by atoms with Crippen LogP contribution in [0.4, 0.5) is 5.82 Å². The maximum atomic E-state index is 4.77. The van der Waals surface area contributed by atoms with Crippen LogP contribution in [0.2, 0.25) is 0 Å². The van der Waals surface area contributed by atoms with Gasteiger partial charge in [-0.3, -0.25) is 4.90 Å². The predicted octanol–water partition coefficient (Wildman–Crippen LogP) is 3.17. The van der Waals surface area contributed by atoms with Crippen LogP contribution in [0, 0.1) is 0 Å². The van der Waals surface area contributed by atoms with Crippen LogP contribution in [-0.2, 0) is 6.54 Å². The van der Waals surface area contributed by atoms with Crippen molar-refractivity contribution in [1.82, 2.24) is 14.9 Å². The minimum atomic E-state index is 0.907. The average molecular weight is 324 g/mol. The Bertz CT molecular complexity index is 791. The van der Waals surface area contributed by atoms with Gasteiger partial charge in [0.05, 0.1) is 5.52 Å². The fraction of sp³-hybridized carbons (Fsp3) is 0.278. The summed E-state index contributed by atoms with van der Waals surface area (Å²) in [6.07, 6.45) is 1.89. The highest BCUT2D eigenvalue weighted by atomic mass is 32.1. The van der Waals surface area contributed by atoms with Crippen LogP contribution in [0.25, 0.3) is 11.0 Å². The molecule has 1 fully saturated rings. The first-order chi connectivity index (χ1) is 11.3. The lowest BCUT2D eigenvalue weighted by atomic mass is 10.2.